The van der Waals surface area contributed by atoms with Gasteiger partial charge in [-0.05, 0) is 31.9 Å². The molecule has 3 aromatic heterocycles. The lowest BCUT2D eigenvalue weighted by Crippen LogP contribution is -2.31. The van der Waals surface area contributed by atoms with Crippen LogP contribution in [0.1, 0.15) is 40.8 Å². The maximum absolute atomic E-state index is 13.1. The molecule has 0 aromatic carbocycles. The van der Waals surface area contributed by atoms with Gasteiger partial charge in [-0.3, -0.25) is 9.78 Å². The minimum atomic E-state index is -0.0563. The zero-order chi connectivity index (χ0) is 17.4. The molecule has 0 bridgehead atoms. The summed E-state index contributed by atoms with van der Waals surface area (Å²) in [7, 11) is 1.81. The molecule has 1 amide bonds. The molecule has 0 saturated carbocycles. The van der Waals surface area contributed by atoms with Crippen LogP contribution in [0.2, 0.25) is 0 Å². The van der Waals surface area contributed by atoms with Crippen LogP contribution in [0.4, 0.5) is 5.82 Å². The number of likely N-dealkylation sites (tertiary alicyclic amines) is 1. The van der Waals surface area contributed by atoms with E-state index in [-0.39, 0.29) is 11.9 Å². The number of nitrogens with one attached hydrogen (secondary N) is 1. The highest BCUT2D eigenvalue weighted by atomic mass is 16.2. The Bertz CT molecular complexity index is 934. The summed E-state index contributed by atoms with van der Waals surface area (Å²) in [6.07, 6.45) is 7.08. The number of carbonyl (C=O) groups excluding carboxylic acids is 1. The molecule has 128 valence electrons. The Morgan fingerprint density at radius 1 is 1.28 bits per heavy atom. The van der Waals surface area contributed by atoms with Gasteiger partial charge in [0.25, 0.3) is 5.91 Å². The van der Waals surface area contributed by atoms with E-state index in [4.69, 9.17) is 0 Å². The van der Waals surface area contributed by atoms with Gasteiger partial charge in [0.05, 0.1) is 24.1 Å². The summed E-state index contributed by atoms with van der Waals surface area (Å²) in [4.78, 5) is 28.2. The number of amides is 1. The number of imidazole rings is 1. The van der Waals surface area contributed by atoms with Crippen LogP contribution < -0.4 is 5.32 Å². The minimum Gasteiger partial charge on any atom is -0.372 e. The fourth-order valence-electron chi connectivity index (χ4n) is 3.38. The third-order valence-corrected chi connectivity index (χ3v) is 4.68. The Hall–Kier alpha value is -2.96. The highest BCUT2D eigenvalue weighted by Gasteiger charge is 2.33. The number of hydrogen-bond donors (Lipinski definition) is 1. The second-order valence-corrected chi connectivity index (χ2v) is 6.26. The van der Waals surface area contributed by atoms with E-state index in [1.807, 2.05) is 47.7 Å². The van der Waals surface area contributed by atoms with Crippen LogP contribution in [0.25, 0.3) is 5.65 Å². The van der Waals surface area contributed by atoms with Crippen LogP contribution in [0.3, 0.4) is 0 Å². The van der Waals surface area contributed by atoms with E-state index < -0.39 is 0 Å². The van der Waals surface area contributed by atoms with E-state index in [1.165, 1.54) is 0 Å². The summed E-state index contributed by atoms with van der Waals surface area (Å²) in [5.41, 5.74) is 3.13. The van der Waals surface area contributed by atoms with Gasteiger partial charge in [0.15, 0.2) is 0 Å². The van der Waals surface area contributed by atoms with Gasteiger partial charge in [-0.25, -0.2) is 9.97 Å². The SMILES string of the molecule is CNc1cncc(C2CCCN2C(=O)c2cn3c(C)cccc3n2)n1. The first-order chi connectivity index (χ1) is 12.2. The molecule has 1 unspecified atom stereocenters. The monoisotopic (exact) mass is 336 g/mol. The van der Waals surface area contributed by atoms with Crippen LogP contribution in [-0.2, 0) is 0 Å². The summed E-state index contributed by atoms with van der Waals surface area (Å²) < 4.78 is 1.94. The van der Waals surface area contributed by atoms with Gasteiger partial charge < -0.3 is 14.6 Å². The number of anilines is 1. The molecule has 4 rings (SSSR count). The Morgan fingerprint density at radius 3 is 2.96 bits per heavy atom. The summed E-state index contributed by atoms with van der Waals surface area (Å²) >= 11 is 0. The molecule has 1 N–H and O–H groups in total. The molecule has 1 fully saturated rings. The van der Waals surface area contributed by atoms with E-state index in [0.29, 0.717) is 18.1 Å². The second-order valence-electron chi connectivity index (χ2n) is 6.26. The Labute approximate surface area is 145 Å². The van der Waals surface area contributed by atoms with E-state index in [2.05, 4.69) is 20.3 Å². The third kappa shape index (κ3) is 2.71. The zero-order valence-electron chi connectivity index (χ0n) is 14.3. The smallest absolute Gasteiger partial charge is 0.274 e. The first-order valence-corrected chi connectivity index (χ1v) is 8.43. The van der Waals surface area contributed by atoms with Crippen molar-refractivity contribution in [1.29, 1.82) is 0 Å². The molecule has 1 aliphatic heterocycles. The van der Waals surface area contributed by atoms with Gasteiger partial charge >= 0.3 is 0 Å². The van der Waals surface area contributed by atoms with Crippen LogP contribution in [0.5, 0.6) is 0 Å². The third-order valence-electron chi connectivity index (χ3n) is 4.68. The van der Waals surface area contributed by atoms with Gasteiger partial charge in [-0.15, -0.1) is 0 Å². The van der Waals surface area contributed by atoms with Crippen molar-refractivity contribution >= 4 is 17.4 Å². The zero-order valence-corrected chi connectivity index (χ0v) is 14.3. The first kappa shape index (κ1) is 15.6. The number of aromatic nitrogens is 4. The predicted octanol–water partition coefficient (Wildman–Crippen LogP) is 2.45. The molecular weight excluding hydrogens is 316 g/mol. The van der Waals surface area contributed by atoms with Gasteiger partial charge in [-0.2, -0.15) is 0 Å². The van der Waals surface area contributed by atoms with Crippen molar-refractivity contribution in [2.45, 2.75) is 25.8 Å². The van der Waals surface area contributed by atoms with Crippen molar-refractivity contribution < 1.29 is 4.79 Å². The standard InChI is InChI=1S/C18H20N6O/c1-12-5-3-7-17-22-14(11-24(12)17)18(25)23-8-4-6-15(23)13-9-20-10-16(19-2)21-13/h3,5,7,9-11,15H,4,6,8H2,1-2H3,(H,19,21). The van der Waals surface area contributed by atoms with Crippen LogP contribution >= 0.6 is 0 Å². The van der Waals surface area contributed by atoms with E-state index in [0.717, 1.165) is 29.9 Å². The van der Waals surface area contributed by atoms with Crippen LogP contribution in [0.15, 0.2) is 36.8 Å². The molecule has 1 aliphatic rings. The number of hydrogen-bond acceptors (Lipinski definition) is 5. The first-order valence-electron chi connectivity index (χ1n) is 8.43. The van der Waals surface area contributed by atoms with E-state index in [9.17, 15) is 4.79 Å². The number of pyridine rings is 1. The van der Waals surface area contributed by atoms with Gasteiger partial charge in [0.1, 0.15) is 17.2 Å². The summed E-state index contributed by atoms with van der Waals surface area (Å²) in [6.45, 7) is 2.71. The molecule has 0 spiro atoms. The molecule has 7 heteroatoms. The molecule has 0 radical (unpaired) electrons. The lowest BCUT2D eigenvalue weighted by atomic mass is 10.1. The topological polar surface area (TPSA) is 75.4 Å². The molecule has 3 aromatic rings. The van der Waals surface area contributed by atoms with Gasteiger partial charge in [0.2, 0.25) is 0 Å². The van der Waals surface area contributed by atoms with Crippen LogP contribution in [0, 0.1) is 6.92 Å². The summed E-state index contributed by atoms with van der Waals surface area (Å²) in [6, 6.07) is 5.80. The molecule has 4 heterocycles. The molecule has 1 saturated heterocycles. The van der Waals surface area contributed by atoms with Crippen molar-refractivity contribution in [3.05, 3.63) is 53.9 Å². The van der Waals surface area contributed by atoms with E-state index >= 15 is 0 Å². The summed E-state index contributed by atoms with van der Waals surface area (Å²) in [5.74, 6) is 0.655. The average Bonchev–Trinajstić information content (AvgIpc) is 3.29. The predicted molar refractivity (Wildman–Crippen MR) is 94.5 cm³/mol. The molecule has 25 heavy (non-hydrogen) atoms. The fourth-order valence-corrected chi connectivity index (χ4v) is 3.38. The normalized spacial score (nSPS) is 17.2. The quantitative estimate of drug-likeness (QED) is 0.795. The van der Waals surface area contributed by atoms with Crippen molar-refractivity contribution in [1.82, 2.24) is 24.3 Å². The highest BCUT2D eigenvalue weighted by molar-refractivity contribution is 5.93. The summed E-state index contributed by atoms with van der Waals surface area (Å²) in [5, 5.41) is 3.00. The average molecular weight is 336 g/mol. The second kappa shape index (κ2) is 6.16. The number of nitrogens with zero attached hydrogens (tertiary/aromatic N) is 5. The lowest BCUT2D eigenvalue weighted by Gasteiger charge is -2.23. The number of rotatable bonds is 3. The van der Waals surface area contributed by atoms with Gasteiger partial charge in [0, 0.05) is 25.5 Å². The van der Waals surface area contributed by atoms with Crippen LogP contribution in [-0.4, -0.2) is 43.8 Å². The minimum absolute atomic E-state index is 0.0535. The Kier molecular flexibility index (Phi) is 3.83. The van der Waals surface area contributed by atoms with Crippen molar-refractivity contribution in [3.8, 4) is 0 Å². The molecule has 0 aliphatic carbocycles. The molecule has 7 nitrogen and oxygen atoms in total. The number of aryl methyl sites for hydroxylation is 1. The highest BCUT2D eigenvalue weighted by Crippen LogP contribution is 2.32. The maximum atomic E-state index is 13.1. The van der Waals surface area contributed by atoms with Crippen molar-refractivity contribution in [2.24, 2.45) is 0 Å². The number of carbonyl (C=O) groups is 1. The maximum Gasteiger partial charge on any atom is 0.274 e. The van der Waals surface area contributed by atoms with Gasteiger partial charge in [-0.1, -0.05) is 6.07 Å². The Balaban J connectivity index is 1.66. The number of fused-ring (bicyclic) bond motifs is 1. The molecule has 1 atom stereocenters. The van der Waals surface area contributed by atoms with E-state index in [1.54, 1.807) is 12.4 Å². The largest absolute Gasteiger partial charge is 0.372 e. The van der Waals surface area contributed by atoms with Crippen molar-refractivity contribution in [3.63, 3.8) is 0 Å². The Morgan fingerprint density at radius 2 is 2.16 bits per heavy atom. The fraction of sp³-hybridized carbons (Fsp3) is 0.333. The van der Waals surface area contributed by atoms with Crippen molar-refractivity contribution in [2.75, 3.05) is 18.9 Å². The molecular formula is C18H20N6O. The lowest BCUT2D eigenvalue weighted by molar-refractivity contribution is 0.0727.